The van der Waals surface area contributed by atoms with Crippen LogP contribution in [0.3, 0.4) is 0 Å². The molecule has 5 amide bonds. The monoisotopic (exact) mass is 1930 g/mol. The van der Waals surface area contributed by atoms with E-state index in [4.69, 9.17) is 90.0 Å². The maximum absolute atomic E-state index is 13.3. The van der Waals surface area contributed by atoms with Gasteiger partial charge in [0, 0.05) is 34.1 Å². The second-order valence-electron chi connectivity index (χ2n) is 33.2. The number of nitrogens with one attached hydrogen (secondary N) is 5. The molecule has 59 heteroatoms. The molecule has 10 aliphatic heterocycles. The molecule has 0 aromatic carbocycles. The first kappa shape index (κ1) is 109. The van der Waals surface area contributed by atoms with E-state index in [1.807, 2.05) is 0 Å². The zero-order valence-electron chi connectivity index (χ0n) is 70.8. The molecule has 10 heterocycles. The van der Waals surface area contributed by atoms with Crippen LogP contribution in [0.1, 0.15) is 41.0 Å². The Labute approximate surface area is 746 Å². The number of aliphatic hydroxyl groups is 28. The summed E-state index contributed by atoms with van der Waals surface area (Å²) in [5, 5.41) is 335. The van der Waals surface area contributed by atoms with Crippen molar-refractivity contribution in [2.75, 3.05) is 66.1 Å². The van der Waals surface area contributed by atoms with Crippen molar-refractivity contribution < 1.29 is 267 Å². The molecule has 132 heavy (non-hydrogen) atoms. The molecule has 0 bridgehead atoms. The molecule has 59 nitrogen and oxygen atoms in total. The zero-order valence-corrected chi connectivity index (χ0v) is 70.8. The van der Waals surface area contributed by atoms with Crippen LogP contribution in [0.25, 0.3) is 0 Å². The van der Waals surface area contributed by atoms with Gasteiger partial charge in [-0.3, -0.25) is 24.0 Å². The Hall–Kier alpha value is -5.06. The molecule has 0 aromatic heterocycles. The van der Waals surface area contributed by atoms with Gasteiger partial charge < -0.3 is 265 Å². The fourth-order valence-corrected chi connectivity index (χ4v) is 16.8. The van der Waals surface area contributed by atoms with Crippen molar-refractivity contribution in [1.82, 2.24) is 26.6 Å². The first-order valence-electron chi connectivity index (χ1n) is 41.8. The van der Waals surface area contributed by atoms with E-state index in [0.29, 0.717) is 0 Å². The molecule has 10 rings (SSSR count). The first-order chi connectivity index (χ1) is 62.2. The Morgan fingerprint density at radius 3 is 1.20 bits per heavy atom. The predicted molar refractivity (Wildman–Crippen MR) is 405 cm³/mol. The van der Waals surface area contributed by atoms with Crippen molar-refractivity contribution in [2.24, 2.45) is 0 Å². The Bertz CT molecular complexity index is 3680. The molecule has 51 atom stereocenters. The van der Waals surface area contributed by atoms with Crippen molar-refractivity contribution in [2.45, 2.75) is 353 Å². The topological polar surface area (TPSA) is 925 Å². The third kappa shape index (κ3) is 24.3. The van der Waals surface area contributed by atoms with E-state index >= 15 is 0 Å². The number of carbonyl (C=O) groups excluding carboxylic acids is 5. The molecule has 0 aromatic rings. The summed E-state index contributed by atoms with van der Waals surface area (Å²) in [6, 6.07) is -9.56. The van der Waals surface area contributed by atoms with Crippen LogP contribution >= 0.6 is 0 Å². The molecule has 0 aliphatic carbocycles. The number of hydrogen-bond acceptors (Lipinski definition) is 53. The van der Waals surface area contributed by atoms with E-state index in [1.165, 1.54) is 6.92 Å². The summed E-state index contributed by atoms with van der Waals surface area (Å²) < 4.78 is 113. The standard InChI is InChI=1S/C73H121N5O54/c1-17-38(93)49(104)53(108)67(117-17)114-15-31-58(46(101)34(63(111)118-31)74-18(2)86)126-65-36(76-20(4)88)47(102)57(28(12-84)122-65)128-69-55(110)60(129-71-62(52(107)42(97)26(10-82)121-71)131-64-35(75-19(3)87)45(100)40(95)24(8-80)119-64)44(99)29(124-69)14-115-70-61(51(106)41(96)25(9-81)120-70)130-66-37(77-21(5)89)48(103)56(27(11-83)123-66)127-68-54(109)50(105)43(98)30(125-68)16-116-73(72(112)113)6-22(90)33(78-32(92)13-85)59(132-73)39(94)23(91)7-79/h17,22-31,33-71,79-85,90-91,93-111H,6-16H2,1-5H3,(H,74,86)(H,75,87)(H,76,88)(H,77,89)(H,78,92)(H,112,113)/t17-,22-,23+,24+,25+,26+,27+,28+,29+,30+,31+,33+,34+,35+,36+,37+,38+,39+,40+,41+,42+,43-,44+,45+,46+,47+,48+,49+,50-,51-,52-,53-,54+,55-,56+,57+,58+,59+,60-,61-,62-,63?,64-,65-,66-,67+,68-,69-,70-,71+,73+/m0/s1. The molecule has 10 aliphatic rings. The molecular formula is C73H121N5O54. The lowest BCUT2D eigenvalue weighted by Gasteiger charge is -2.51. The molecule has 34 N–H and O–H groups in total. The molecule has 10 saturated heterocycles. The number of rotatable bonds is 36. The fraction of sp³-hybridized carbons (Fsp3) is 0.918. The number of ether oxygens (including phenoxy) is 19. The van der Waals surface area contributed by atoms with Crippen LogP contribution in [0.2, 0.25) is 0 Å². The second kappa shape index (κ2) is 47.3. The molecule has 0 saturated carbocycles. The van der Waals surface area contributed by atoms with Gasteiger partial charge in [-0.15, -0.1) is 0 Å². The third-order valence-corrected chi connectivity index (χ3v) is 23.9. The van der Waals surface area contributed by atoms with Crippen molar-refractivity contribution in [3.05, 3.63) is 0 Å². The van der Waals surface area contributed by atoms with E-state index in [2.05, 4.69) is 26.6 Å². The van der Waals surface area contributed by atoms with Gasteiger partial charge in [-0.1, -0.05) is 0 Å². The Morgan fingerprint density at radius 2 is 0.712 bits per heavy atom. The fourth-order valence-electron chi connectivity index (χ4n) is 16.8. The van der Waals surface area contributed by atoms with Gasteiger partial charge in [0.25, 0.3) is 5.79 Å². The maximum Gasteiger partial charge on any atom is 0.364 e. The highest BCUT2D eigenvalue weighted by molar-refractivity contribution is 5.78. The number of carbonyl (C=O) groups is 6. The SMILES string of the molecule is CC(=O)N[C@H]1[C@H](O[C@H]2[C@H](O)[C@@H](NC(C)=O)C(O)O[C@@H]2CO[C@@H]2O[C@@H](C)[C@@H](O)[C@@H](O)[C@@H]2O)O[C@H](CO)[C@@H](O[C@@H]2O[C@H](CO[C@H]3O[C@H](CO)[C@@H](O)[C@H](O)[C@@H]3O[C@@H]3O[C@H](CO)[C@@H](O[C@@H]4O[C@H](CO[C@]5(C(=O)O)C[C@H](O)[C@@H](NC(=O)CO)[C@H]([C@H](O)[C@H](O)CO)O5)[C@H](O)[C@H](O)[C@H]4O)[C@H](O)[C@H]3NC(C)=O)[C@@H](O)[C@H](O[C@H]3O[C@H](CO)[C@@H](O)[C@H](O)[C@@H]3O[C@@H]3O[C@H](CO)[C@@H](O)[C@H](O)[C@H]3NC(C)=O)[C@@H]2O)[C@@H]1O. The third-order valence-electron chi connectivity index (χ3n) is 23.9. The molecule has 0 spiro atoms. The van der Waals surface area contributed by atoms with Crippen molar-refractivity contribution in [3.63, 3.8) is 0 Å². The summed E-state index contributed by atoms with van der Waals surface area (Å²) in [6.07, 6.45) is -98.0. The van der Waals surface area contributed by atoms with Gasteiger partial charge in [0.05, 0.1) is 77.7 Å². The minimum atomic E-state index is -3.16. The average molecular weight is 1930 g/mol. The number of carboxylic acid groups (broad SMARTS) is 1. The van der Waals surface area contributed by atoms with Gasteiger partial charge in [0.15, 0.2) is 56.6 Å². The highest BCUT2D eigenvalue weighted by atomic mass is 16.8. The number of amides is 5. The average Bonchev–Trinajstić information content (AvgIpc) is 0.758. The van der Waals surface area contributed by atoms with Crippen molar-refractivity contribution in [3.8, 4) is 0 Å². The molecular weight excluding hydrogens is 1810 g/mol. The van der Waals surface area contributed by atoms with Crippen LogP contribution in [0.4, 0.5) is 0 Å². The number of aliphatic hydroxyl groups excluding tert-OH is 28. The zero-order chi connectivity index (χ0) is 97.6. The van der Waals surface area contributed by atoms with Crippen LogP contribution in [0, 0.1) is 0 Å². The lowest BCUT2D eigenvalue weighted by Crippen LogP contribution is -2.71. The summed E-state index contributed by atoms with van der Waals surface area (Å²) in [5.41, 5.74) is 0. The van der Waals surface area contributed by atoms with Gasteiger partial charge in [-0.25, -0.2) is 4.79 Å². The van der Waals surface area contributed by atoms with E-state index < -0.39 is 420 Å². The van der Waals surface area contributed by atoms with Crippen molar-refractivity contribution >= 4 is 35.5 Å². The summed E-state index contributed by atoms with van der Waals surface area (Å²) in [5.74, 6) is -10.3. The van der Waals surface area contributed by atoms with Gasteiger partial charge in [0.2, 0.25) is 29.5 Å². The largest absolute Gasteiger partial charge is 0.477 e. The molecule has 0 radical (unpaired) electrons. The van der Waals surface area contributed by atoms with Crippen LogP contribution in [0.15, 0.2) is 0 Å². The van der Waals surface area contributed by atoms with Crippen LogP contribution in [0.5, 0.6) is 0 Å². The minimum Gasteiger partial charge on any atom is -0.477 e. The van der Waals surface area contributed by atoms with Gasteiger partial charge in [-0.05, 0) is 6.92 Å². The molecule has 10 fully saturated rings. The normalized spacial score (nSPS) is 47.2. The van der Waals surface area contributed by atoms with E-state index in [-0.39, 0.29) is 0 Å². The van der Waals surface area contributed by atoms with Crippen molar-refractivity contribution in [1.29, 1.82) is 0 Å². The smallest absolute Gasteiger partial charge is 0.364 e. The number of aliphatic carboxylic acids is 1. The highest BCUT2D eigenvalue weighted by Crippen LogP contribution is 2.42. The summed E-state index contributed by atoms with van der Waals surface area (Å²) in [4.78, 5) is 76.8. The number of hydrogen-bond donors (Lipinski definition) is 34. The van der Waals surface area contributed by atoms with E-state index in [0.717, 1.165) is 27.7 Å². The lowest BCUT2D eigenvalue weighted by molar-refractivity contribution is -0.397. The Morgan fingerprint density at radius 1 is 0.341 bits per heavy atom. The van der Waals surface area contributed by atoms with Gasteiger partial charge in [0.1, 0.15) is 238 Å². The summed E-state index contributed by atoms with van der Waals surface area (Å²) in [6.45, 7) is -6.81. The Kier molecular flexibility index (Phi) is 39.0. The quantitative estimate of drug-likeness (QED) is 0.0277. The van der Waals surface area contributed by atoms with E-state index in [1.54, 1.807) is 0 Å². The molecule has 1 unspecified atom stereocenters. The van der Waals surface area contributed by atoms with Crippen LogP contribution in [-0.4, -0.2) is 562 Å². The summed E-state index contributed by atoms with van der Waals surface area (Å²) in [7, 11) is 0. The van der Waals surface area contributed by atoms with Gasteiger partial charge in [-0.2, -0.15) is 0 Å². The van der Waals surface area contributed by atoms with Gasteiger partial charge >= 0.3 is 5.97 Å². The van der Waals surface area contributed by atoms with Crippen LogP contribution in [-0.2, 0) is 119 Å². The predicted octanol–water partition coefficient (Wildman–Crippen LogP) is -22.9. The highest BCUT2D eigenvalue weighted by Gasteiger charge is 2.63. The Balaban J connectivity index is 0.947. The number of carboxylic acids is 1. The van der Waals surface area contributed by atoms with E-state index in [9.17, 15) is 177 Å². The minimum absolute atomic E-state index is 0.855. The first-order valence-corrected chi connectivity index (χ1v) is 41.8. The molecule has 762 valence electrons. The lowest BCUT2D eigenvalue weighted by atomic mass is 9.88. The second-order valence-corrected chi connectivity index (χ2v) is 33.2. The maximum atomic E-state index is 13.3. The van der Waals surface area contributed by atoms with Crippen LogP contribution < -0.4 is 26.6 Å². The summed E-state index contributed by atoms with van der Waals surface area (Å²) >= 11 is 0.